The fourth-order valence-electron chi connectivity index (χ4n) is 2.75. The Bertz CT molecular complexity index is 939. The zero-order valence-corrected chi connectivity index (χ0v) is 15.3. The number of aromatic nitrogens is 2. The number of hydrogen-bond donors (Lipinski definition) is 4. The first-order chi connectivity index (χ1) is 13.6. The molecule has 3 rings (SSSR count). The Morgan fingerprint density at radius 3 is 2.61 bits per heavy atom. The van der Waals surface area contributed by atoms with Crippen LogP contribution in [0.5, 0.6) is 5.75 Å². The smallest absolute Gasteiger partial charge is 0.246 e. The Morgan fingerprint density at radius 2 is 1.96 bits per heavy atom. The number of carbonyl (C=O) groups is 2. The average Bonchev–Trinajstić information content (AvgIpc) is 3.23. The molecule has 0 fully saturated rings. The number of anilines is 1. The molecule has 8 heteroatoms. The van der Waals surface area contributed by atoms with Gasteiger partial charge in [0, 0.05) is 17.4 Å². The lowest BCUT2D eigenvalue weighted by molar-refractivity contribution is -0.119. The summed E-state index contributed by atoms with van der Waals surface area (Å²) >= 11 is 0. The van der Waals surface area contributed by atoms with Crippen LogP contribution in [0.4, 0.5) is 5.69 Å². The van der Waals surface area contributed by atoms with Crippen molar-refractivity contribution in [2.75, 3.05) is 19.0 Å². The number of methoxy groups -OCH3 is 1. The predicted octanol–water partition coefficient (Wildman–Crippen LogP) is 1.84. The molecule has 2 amide bonds. The molecular formula is C20H21N5O3. The van der Waals surface area contributed by atoms with Gasteiger partial charge in [-0.1, -0.05) is 24.3 Å². The first-order valence-electron chi connectivity index (χ1n) is 8.62. The van der Waals surface area contributed by atoms with Crippen molar-refractivity contribution in [2.24, 2.45) is 5.73 Å². The van der Waals surface area contributed by atoms with Crippen LogP contribution in [0, 0.1) is 0 Å². The number of nitrogens with two attached hydrogens (primary N) is 1. The Morgan fingerprint density at radius 1 is 1.18 bits per heavy atom. The van der Waals surface area contributed by atoms with Crippen LogP contribution in [-0.4, -0.2) is 35.7 Å². The topological polar surface area (TPSA) is 122 Å². The average molecular weight is 379 g/mol. The maximum absolute atomic E-state index is 12.9. The molecule has 1 unspecified atom stereocenters. The van der Waals surface area contributed by atoms with Gasteiger partial charge in [-0.15, -0.1) is 0 Å². The van der Waals surface area contributed by atoms with Crippen LogP contribution >= 0.6 is 0 Å². The molecule has 0 spiro atoms. The van der Waals surface area contributed by atoms with Crippen molar-refractivity contribution < 1.29 is 14.3 Å². The molecule has 144 valence electrons. The second-order valence-electron chi connectivity index (χ2n) is 6.11. The zero-order valence-electron chi connectivity index (χ0n) is 15.3. The Labute approximate surface area is 162 Å². The molecule has 2 aromatic carbocycles. The van der Waals surface area contributed by atoms with Gasteiger partial charge in [0.2, 0.25) is 11.8 Å². The van der Waals surface area contributed by atoms with Gasteiger partial charge in [0.15, 0.2) is 0 Å². The number of nitrogens with zero attached hydrogens (tertiary/aromatic N) is 1. The minimum atomic E-state index is -0.767. The first kappa shape index (κ1) is 19.1. The maximum atomic E-state index is 12.9. The molecule has 0 aliphatic rings. The highest BCUT2D eigenvalue weighted by atomic mass is 16.5. The Hall–Kier alpha value is -3.65. The van der Waals surface area contributed by atoms with Crippen LogP contribution in [0.1, 0.15) is 11.6 Å². The summed E-state index contributed by atoms with van der Waals surface area (Å²) in [5, 5.41) is 12.4. The number of rotatable bonds is 8. The van der Waals surface area contributed by atoms with Crippen LogP contribution < -0.4 is 21.1 Å². The molecule has 0 saturated carbocycles. The highest BCUT2D eigenvalue weighted by Crippen LogP contribution is 2.23. The monoisotopic (exact) mass is 379 g/mol. The van der Waals surface area contributed by atoms with E-state index in [1.54, 1.807) is 55.9 Å². The largest absolute Gasteiger partial charge is 0.497 e. The summed E-state index contributed by atoms with van der Waals surface area (Å²) in [6.07, 6.45) is 3.51. The molecule has 3 aromatic rings. The predicted molar refractivity (Wildman–Crippen MR) is 106 cm³/mol. The fourth-order valence-corrected chi connectivity index (χ4v) is 2.75. The summed E-state index contributed by atoms with van der Waals surface area (Å²) in [6, 6.07) is 13.7. The second kappa shape index (κ2) is 8.83. The summed E-state index contributed by atoms with van der Waals surface area (Å²) in [5.74, 6) is -0.253. The molecule has 0 radical (unpaired) electrons. The third-order valence-corrected chi connectivity index (χ3v) is 4.15. The Balaban J connectivity index is 1.77. The molecule has 0 bridgehead atoms. The summed E-state index contributed by atoms with van der Waals surface area (Å²) in [4.78, 5) is 24.0. The van der Waals surface area contributed by atoms with Crippen molar-refractivity contribution in [3.63, 3.8) is 0 Å². The minimum absolute atomic E-state index is 0.130. The van der Waals surface area contributed by atoms with Crippen molar-refractivity contribution in [1.29, 1.82) is 0 Å². The van der Waals surface area contributed by atoms with E-state index in [2.05, 4.69) is 20.8 Å². The highest BCUT2D eigenvalue weighted by molar-refractivity contribution is 5.96. The lowest BCUT2D eigenvalue weighted by Crippen LogP contribution is -2.38. The zero-order chi connectivity index (χ0) is 19.9. The van der Waals surface area contributed by atoms with Gasteiger partial charge in [0.05, 0.1) is 19.9 Å². The molecule has 0 saturated heterocycles. The molecule has 1 heterocycles. The molecular weight excluding hydrogens is 358 g/mol. The third kappa shape index (κ3) is 4.74. The fraction of sp³-hybridized carbons (Fsp3) is 0.150. The van der Waals surface area contributed by atoms with Gasteiger partial charge in [-0.05, 0) is 35.4 Å². The number of ether oxygens (including phenoxy) is 1. The van der Waals surface area contributed by atoms with Gasteiger partial charge < -0.3 is 15.8 Å². The molecule has 1 aromatic heterocycles. The summed E-state index contributed by atoms with van der Waals surface area (Å²) in [7, 11) is 1.55. The van der Waals surface area contributed by atoms with Crippen molar-refractivity contribution in [3.8, 4) is 16.9 Å². The maximum Gasteiger partial charge on any atom is 0.246 e. The van der Waals surface area contributed by atoms with Crippen LogP contribution in [0.3, 0.4) is 0 Å². The SMILES string of the molecule is COc1cccc(C(NCC(N)=O)C(=O)Nc2ccc(-c3cn[nH]c3)cc2)c1. The Kier molecular flexibility index (Phi) is 6.03. The number of carbonyl (C=O) groups excluding carboxylic acids is 2. The van der Waals surface area contributed by atoms with Crippen LogP contribution in [0.25, 0.3) is 11.1 Å². The van der Waals surface area contributed by atoms with E-state index in [0.29, 0.717) is 17.0 Å². The van der Waals surface area contributed by atoms with Crippen LogP contribution in [0.2, 0.25) is 0 Å². The molecule has 1 atom stereocenters. The van der Waals surface area contributed by atoms with Gasteiger partial charge in [-0.25, -0.2) is 0 Å². The summed E-state index contributed by atoms with van der Waals surface area (Å²) < 4.78 is 5.22. The van der Waals surface area contributed by atoms with E-state index in [-0.39, 0.29) is 12.5 Å². The summed E-state index contributed by atoms with van der Waals surface area (Å²) in [5.41, 5.74) is 8.44. The number of benzene rings is 2. The van der Waals surface area contributed by atoms with Gasteiger partial charge in [-0.2, -0.15) is 5.10 Å². The van der Waals surface area contributed by atoms with Gasteiger partial charge in [0.25, 0.3) is 0 Å². The normalized spacial score (nSPS) is 11.6. The van der Waals surface area contributed by atoms with E-state index in [4.69, 9.17) is 10.5 Å². The quantitative estimate of drug-likeness (QED) is 0.476. The van der Waals surface area contributed by atoms with Crippen LogP contribution in [-0.2, 0) is 9.59 Å². The van der Waals surface area contributed by atoms with Crippen LogP contribution in [0.15, 0.2) is 60.9 Å². The minimum Gasteiger partial charge on any atom is -0.497 e. The molecule has 0 aliphatic heterocycles. The number of nitrogens with one attached hydrogen (secondary N) is 3. The second-order valence-corrected chi connectivity index (χ2v) is 6.11. The molecule has 5 N–H and O–H groups in total. The first-order valence-corrected chi connectivity index (χ1v) is 8.62. The molecule has 0 aliphatic carbocycles. The number of primary amides is 1. The van der Waals surface area contributed by atoms with Crippen molar-refractivity contribution in [1.82, 2.24) is 15.5 Å². The van der Waals surface area contributed by atoms with Crippen molar-refractivity contribution in [3.05, 3.63) is 66.5 Å². The standard InChI is InChI=1S/C20H21N5O3/c1-28-17-4-2-3-14(9-17)19(22-12-18(21)26)20(27)25-16-7-5-13(6-8-16)15-10-23-24-11-15/h2-11,19,22H,12H2,1H3,(H2,21,26)(H,23,24)(H,25,27). The van der Waals surface area contributed by atoms with Gasteiger partial charge >= 0.3 is 0 Å². The third-order valence-electron chi connectivity index (χ3n) is 4.15. The number of aromatic amines is 1. The van der Waals surface area contributed by atoms with Crippen molar-refractivity contribution >= 4 is 17.5 Å². The van der Waals surface area contributed by atoms with E-state index < -0.39 is 11.9 Å². The lowest BCUT2D eigenvalue weighted by Gasteiger charge is -2.19. The van der Waals surface area contributed by atoms with E-state index in [9.17, 15) is 9.59 Å². The number of hydrogen-bond acceptors (Lipinski definition) is 5. The van der Waals surface area contributed by atoms with E-state index in [1.165, 1.54) is 0 Å². The van der Waals surface area contributed by atoms with E-state index >= 15 is 0 Å². The summed E-state index contributed by atoms with van der Waals surface area (Å²) in [6.45, 7) is -0.130. The molecule has 28 heavy (non-hydrogen) atoms. The number of H-pyrrole nitrogens is 1. The van der Waals surface area contributed by atoms with Gasteiger partial charge in [0.1, 0.15) is 11.8 Å². The van der Waals surface area contributed by atoms with E-state index in [1.807, 2.05) is 12.1 Å². The van der Waals surface area contributed by atoms with Crippen molar-refractivity contribution in [2.45, 2.75) is 6.04 Å². The number of amides is 2. The van der Waals surface area contributed by atoms with E-state index in [0.717, 1.165) is 11.1 Å². The highest BCUT2D eigenvalue weighted by Gasteiger charge is 2.21. The van der Waals surface area contributed by atoms with Gasteiger partial charge in [-0.3, -0.25) is 20.0 Å². The molecule has 8 nitrogen and oxygen atoms in total. The lowest BCUT2D eigenvalue weighted by atomic mass is 10.0.